The molecule has 1 saturated heterocycles. The Morgan fingerprint density at radius 2 is 2.16 bits per heavy atom. The molecule has 3 atom stereocenters. The first-order valence-electron chi connectivity index (χ1n) is 7.95. The largest absolute Gasteiger partial charge is 0.355 e. The summed E-state index contributed by atoms with van der Waals surface area (Å²) in [5, 5.41) is 6.53. The second-order valence-electron chi connectivity index (χ2n) is 7.58. The summed E-state index contributed by atoms with van der Waals surface area (Å²) >= 11 is 0. The van der Waals surface area contributed by atoms with Gasteiger partial charge in [-0.2, -0.15) is 0 Å². The van der Waals surface area contributed by atoms with E-state index in [4.69, 9.17) is 0 Å². The molecule has 3 unspecified atom stereocenters. The lowest BCUT2D eigenvalue weighted by molar-refractivity contribution is -0.122. The molecule has 3 nitrogen and oxygen atoms in total. The van der Waals surface area contributed by atoms with Gasteiger partial charge in [-0.3, -0.25) is 4.79 Å². The van der Waals surface area contributed by atoms with E-state index in [-0.39, 0.29) is 5.91 Å². The molecule has 0 aromatic heterocycles. The van der Waals surface area contributed by atoms with Crippen molar-refractivity contribution >= 4 is 5.91 Å². The number of carbonyl (C=O) groups excluding carboxylic acids is 1. The van der Waals surface area contributed by atoms with Crippen molar-refractivity contribution in [1.82, 2.24) is 10.6 Å². The van der Waals surface area contributed by atoms with Crippen LogP contribution in [0.5, 0.6) is 0 Å². The van der Waals surface area contributed by atoms with E-state index in [0.717, 1.165) is 25.4 Å². The molecule has 0 spiro atoms. The molecular weight excluding hydrogens is 236 g/mol. The second kappa shape index (κ2) is 6.25. The van der Waals surface area contributed by atoms with Crippen LogP contribution in [0, 0.1) is 17.3 Å². The monoisotopic (exact) mass is 266 g/mol. The Kier molecular flexibility index (Phi) is 4.88. The van der Waals surface area contributed by atoms with Gasteiger partial charge in [-0.05, 0) is 55.9 Å². The Balaban J connectivity index is 1.72. The van der Waals surface area contributed by atoms with E-state index in [0.29, 0.717) is 17.4 Å². The number of amides is 1. The van der Waals surface area contributed by atoms with Gasteiger partial charge in [0.25, 0.3) is 0 Å². The number of hydrogen-bond donors (Lipinski definition) is 2. The Morgan fingerprint density at radius 3 is 2.79 bits per heavy atom. The average Bonchev–Trinajstić information content (AvgIpc) is 2.75. The molecule has 0 aromatic rings. The van der Waals surface area contributed by atoms with E-state index in [1.54, 1.807) is 0 Å². The van der Waals surface area contributed by atoms with Gasteiger partial charge in [0, 0.05) is 19.0 Å². The minimum Gasteiger partial charge on any atom is -0.355 e. The van der Waals surface area contributed by atoms with E-state index in [1.165, 1.54) is 32.1 Å². The first-order chi connectivity index (χ1) is 8.94. The van der Waals surface area contributed by atoms with Gasteiger partial charge in [0.15, 0.2) is 0 Å². The maximum Gasteiger partial charge on any atom is 0.220 e. The first kappa shape index (κ1) is 14.8. The van der Waals surface area contributed by atoms with Crippen molar-refractivity contribution in [3.05, 3.63) is 0 Å². The van der Waals surface area contributed by atoms with E-state index in [1.807, 2.05) is 0 Å². The lowest BCUT2D eigenvalue weighted by Crippen LogP contribution is -2.38. The molecule has 1 heterocycles. The lowest BCUT2D eigenvalue weighted by Gasteiger charge is -2.38. The Hall–Kier alpha value is -0.570. The van der Waals surface area contributed by atoms with Gasteiger partial charge in [0.2, 0.25) is 5.91 Å². The highest BCUT2D eigenvalue weighted by molar-refractivity contribution is 5.76. The zero-order valence-corrected chi connectivity index (χ0v) is 12.8. The van der Waals surface area contributed by atoms with Crippen molar-refractivity contribution in [2.45, 2.75) is 65.3 Å². The van der Waals surface area contributed by atoms with Gasteiger partial charge in [-0.25, -0.2) is 0 Å². The molecule has 2 fully saturated rings. The molecule has 1 aliphatic heterocycles. The highest BCUT2D eigenvalue weighted by atomic mass is 16.1. The first-order valence-corrected chi connectivity index (χ1v) is 7.95. The van der Waals surface area contributed by atoms with Gasteiger partial charge < -0.3 is 10.6 Å². The summed E-state index contributed by atoms with van der Waals surface area (Å²) in [6.07, 6.45) is 6.89. The maximum atomic E-state index is 12.0. The number of hydrogen-bond acceptors (Lipinski definition) is 2. The summed E-state index contributed by atoms with van der Waals surface area (Å²) in [7, 11) is 0. The third-order valence-electron chi connectivity index (χ3n) is 4.66. The minimum atomic E-state index is 0.253. The second-order valence-corrected chi connectivity index (χ2v) is 7.58. The van der Waals surface area contributed by atoms with Crippen molar-refractivity contribution < 1.29 is 4.79 Å². The summed E-state index contributed by atoms with van der Waals surface area (Å²) in [6, 6.07) is 0.505. The van der Waals surface area contributed by atoms with Crippen LogP contribution in [-0.4, -0.2) is 25.0 Å². The molecular formula is C16H30N2O. The van der Waals surface area contributed by atoms with Crippen LogP contribution in [-0.2, 0) is 4.79 Å². The standard InChI is InChI=1S/C16H30N2O/c1-12-7-13(10-16(2,3)9-12)8-15(19)18-11-14-5-4-6-17-14/h12-14,17H,4-11H2,1-3H3,(H,18,19). The topological polar surface area (TPSA) is 41.1 Å². The Morgan fingerprint density at radius 1 is 1.37 bits per heavy atom. The van der Waals surface area contributed by atoms with Crippen LogP contribution < -0.4 is 10.6 Å². The molecule has 19 heavy (non-hydrogen) atoms. The molecule has 1 amide bonds. The Bertz CT molecular complexity index is 308. The maximum absolute atomic E-state index is 12.0. The third-order valence-corrected chi connectivity index (χ3v) is 4.66. The summed E-state index contributed by atoms with van der Waals surface area (Å²) in [4.78, 5) is 12.0. The summed E-state index contributed by atoms with van der Waals surface area (Å²) < 4.78 is 0. The van der Waals surface area contributed by atoms with E-state index >= 15 is 0 Å². The lowest BCUT2D eigenvalue weighted by atomic mass is 9.67. The molecule has 110 valence electrons. The number of rotatable bonds is 4. The quantitative estimate of drug-likeness (QED) is 0.821. The normalized spacial score (nSPS) is 34.2. The molecule has 0 aromatic carbocycles. The van der Waals surface area contributed by atoms with E-state index in [9.17, 15) is 4.79 Å². The molecule has 0 bridgehead atoms. The fourth-order valence-corrected chi connectivity index (χ4v) is 4.20. The fourth-order valence-electron chi connectivity index (χ4n) is 4.20. The molecule has 2 rings (SSSR count). The summed E-state index contributed by atoms with van der Waals surface area (Å²) in [5.74, 6) is 1.59. The van der Waals surface area contributed by atoms with Crippen LogP contribution in [0.3, 0.4) is 0 Å². The van der Waals surface area contributed by atoms with Gasteiger partial charge in [-0.1, -0.05) is 20.8 Å². The van der Waals surface area contributed by atoms with Gasteiger partial charge in [-0.15, -0.1) is 0 Å². The highest BCUT2D eigenvalue weighted by Crippen LogP contribution is 2.42. The van der Waals surface area contributed by atoms with Crippen LogP contribution in [0.15, 0.2) is 0 Å². The zero-order chi connectivity index (χ0) is 13.9. The fraction of sp³-hybridized carbons (Fsp3) is 0.938. The summed E-state index contributed by atoms with van der Waals surface area (Å²) in [6.45, 7) is 8.93. The van der Waals surface area contributed by atoms with Crippen molar-refractivity contribution in [2.24, 2.45) is 17.3 Å². The van der Waals surface area contributed by atoms with E-state index < -0.39 is 0 Å². The van der Waals surface area contributed by atoms with Crippen LogP contribution >= 0.6 is 0 Å². The van der Waals surface area contributed by atoms with Gasteiger partial charge >= 0.3 is 0 Å². The predicted octanol–water partition coefficient (Wildman–Crippen LogP) is 2.71. The van der Waals surface area contributed by atoms with Crippen LogP contribution in [0.2, 0.25) is 0 Å². The summed E-state index contributed by atoms with van der Waals surface area (Å²) in [5.41, 5.74) is 0.412. The molecule has 1 aliphatic carbocycles. The third kappa shape index (κ3) is 4.79. The van der Waals surface area contributed by atoms with E-state index in [2.05, 4.69) is 31.4 Å². The predicted molar refractivity (Wildman–Crippen MR) is 78.9 cm³/mol. The van der Waals surface area contributed by atoms with Crippen LogP contribution in [0.1, 0.15) is 59.3 Å². The molecule has 3 heteroatoms. The molecule has 2 N–H and O–H groups in total. The van der Waals surface area contributed by atoms with Gasteiger partial charge in [0.1, 0.15) is 0 Å². The SMILES string of the molecule is CC1CC(CC(=O)NCC2CCCN2)CC(C)(C)C1. The highest BCUT2D eigenvalue weighted by Gasteiger charge is 2.32. The van der Waals surface area contributed by atoms with Crippen molar-refractivity contribution in [1.29, 1.82) is 0 Å². The van der Waals surface area contributed by atoms with Crippen molar-refractivity contribution in [3.8, 4) is 0 Å². The zero-order valence-electron chi connectivity index (χ0n) is 12.8. The Labute approximate surface area is 117 Å². The smallest absolute Gasteiger partial charge is 0.220 e. The van der Waals surface area contributed by atoms with Crippen molar-refractivity contribution in [2.75, 3.05) is 13.1 Å². The molecule has 0 radical (unpaired) electrons. The molecule has 1 saturated carbocycles. The van der Waals surface area contributed by atoms with Crippen molar-refractivity contribution in [3.63, 3.8) is 0 Å². The number of carbonyl (C=O) groups is 1. The van der Waals surface area contributed by atoms with Gasteiger partial charge in [0.05, 0.1) is 0 Å². The number of nitrogens with one attached hydrogen (secondary N) is 2. The van der Waals surface area contributed by atoms with Crippen LogP contribution in [0.4, 0.5) is 0 Å². The molecule has 2 aliphatic rings. The minimum absolute atomic E-state index is 0.253. The average molecular weight is 266 g/mol. The van der Waals surface area contributed by atoms with Crippen LogP contribution in [0.25, 0.3) is 0 Å².